The largest absolute Gasteiger partial charge is 0.375 e. The Morgan fingerprint density at radius 2 is 2.29 bits per heavy atom. The minimum atomic E-state index is -0.200. The molecular weight excluding hydrogens is 219 g/mol. The molecule has 0 aliphatic carbocycles. The van der Waals surface area contributed by atoms with Crippen molar-refractivity contribution in [2.45, 2.75) is 26.0 Å². The molecule has 0 radical (unpaired) electrons. The summed E-state index contributed by atoms with van der Waals surface area (Å²) in [7, 11) is 0. The van der Waals surface area contributed by atoms with Crippen LogP contribution in [-0.4, -0.2) is 25.8 Å². The molecule has 0 amide bonds. The van der Waals surface area contributed by atoms with Gasteiger partial charge in [-0.3, -0.25) is 0 Å². The molecule has 2 unspecified atom stereocenters. The molecule has 1 aliphatic heterocycles. The minimum Gasteiger partial charge on any atom is -0.375 e. The number of rotatable bonds is 2. The van der Waals surface area contributed by atoms with Gasteiger partial charge in [-0.2, -0.15) is 0 Å². The molecule has 1 aromatic rings. The Hall–Kier alpha value is -1.13. The quantitative estimate of drug-likeness (QED) is 0.857. The second kappa shape index (κ2) is 5.02. The maximum atomic E-state index is 14.0. The highest BCUT2D eigenvalue weighted by Crippen LogP contribution is 2.29. The molecular formula is C13H19FN2O. The maximum Gasteiger partial charge on any atom is 0.146 e. The van der Waals surface area contributed by atoms with E-state index in [0.717, 1.165) is 5.56 Å². The molecule has 2 N–H and O–H groups in total. The van der Waals surface area contributed by atoms with Crippen LogP contribution in [-0.2, 0) is 4.74 Å². The summed E-state index contributed by atoms with van der Waals surface area (Å²) in [4.78, 5) is 2.03. The van der Waals surface area contributed by atoms with Crippen LogP contribution >= 0.6 is 0 Å². The topological polar surface area (TPSA) is 38.5 Å². The standard InChI is InChI=1S/C13H19FN2O/c1-9-8-16(6-7-17-9)13-11(10(2)15)4-3-5-12(13)14/h3-5,9-10H,6-8,15H2,1-2H3. The molecule has 1 aliphatic rings. The normalized spacial score (nSPS) is 22.6. The molecule has 1 saturated heterocycles. The van der Waals surface area contributed by atoms with Gasteiger partial charge in [-0.05, 0) is 25.5 Å². The first-order chi connectivity index (χ1) is 8.09. The van der Waals surface area contributed by atoms with Crippen LogP contribution in [0.5, 0.6) is 0 Å². The third-order valence-corrected chi connectivity index (χ3v) is 3.07. The van der Waals surface area contributed by atoms with Crippen LogP contribution in [0.4, 0.5) is 10.1 Å². The summed E-state index contributed by atoms with van der Waals surface area (Å²) in [5, 5.41) is 0. The SMILES string of the molecule is CC1CN(c2c(F)cccc2C(C)N)CCO1. The fourth-order valence-electron chi connectivity index (χ4n) is 2.25. The van der Waals surface area contributed by atoms with Gasteiger partial charge in [-0.15, -0.1) is 0 Å². The molecule has 0 bridgehead atoms. The molecule has 4 heteroatoms. The summed E-state index contributed by atoms with van der Waals surface area (Å²) >= 11 is 0. The number of nitrogens with zero attached hydrogens (tertiary/aromatic N) is 1. The minimum absolute atomic E-state index is 0.129. The van der Waals surface area contributed by atoms with Crippen molar-refractivity contribution in [1.82, 2.24) is 0 Å². The van der Waals surface area contributed by atoms with Crippen molar-refractivity contribution in [2.24, 2.45) is 5.73 Å². The van der Waals surface area contributed by atoms with Crippen molar-refractivity contribution < 1.29 is 9.13 Å². The monoisotopic (exact) mass is 238 g/mol. The lowest BCUT2D eigenvalue weighted by molar-refractivity contribution is 0.0529. The van der Waals surface area contributed by atoms with Crippen LogP contribution in [0.3, 0.4) is 0 Å². The molecule has 17 heavy (non-hydrogen) atoms. The van der Waals surface area contributed by atoms with Crippen LogP contribution in [0.15, 0.2) is 18.2 Å². The summed E-state index contributed by atoms with van der Waals surface area (Å²) < 4.78 is 19.5. The van der Waals surface area contributed by atoms with Gasteiger partial charge >= 0.3 is 0 Å². The van der Waals surface area contributed by atoms with Crippen molar-refractivity contribution >= 4 is 5.69 Å². The highest BCUT2D eigenvalue weighted by Gasteiger charge is 2.23. The number of ether oxygens (including phenoxy) is 1. The fraction of sp³-hybridized carbons (Fsp3) is 0.538. The Morgan fingerprint density at radius 1 is 1.53 bits per heavy atom. The van der Waals surface area contributed by atoms with E-state index >= 15 is 0 Å². The van der Waals surface area contributed by atoms with Gasteiger partial charge in [0, 0.05) is 19.1 Å². The van der Waals surface area contributed by atoms with Gasteiger partial charge in [0.1, 0.15) is 5.82 Å². The fourth-order valence-corrected chi connectivity index (χ4v) is 2.25. The second-order valence-corrected chi connectivity index (χ2v) is 4.59. The van der Waals surface area contributed by atoms with Crippen LogP contribution in [0.2, 0.25) is 0 Å². The molecule has 1 aromatic carbocycles. The second-order valence-electron chi connectivity index (χ2n) is 4.59. The third-order valence-electron chi connectivity index (χ3n) is 3.07. The lowest BCUT2D eigenvalue weighted by Gasteiger charge is -2.34. The molecule has 2 rings (SSSR count). The Morgan fingerprint density at radius 3 is 2.94 bits per heavy atom. The van der Waals surface area contributed by atoms with Gasteiger partial charge in [0.25, 0.3) is 0 Å². The number of anilines is 1. The van der Waals surface area contributed by atoms with Crippen molar-refractivity contribution in [3.05, 3.63) is 29.6 Å². The van der Waals surface area contributed by atoms with Crippen LogP contribution in [0.1, 0.15) is 25.5 Å². The smallest absolute Gasteiger partial charge is 0.146 e. The van der Waals surface area contributed by atoms with Gasteiger partial charge in [-0.1, -0.05) is 12.1 Å². The zero-order valence-electron chi connectivity index (χ0n) is 10.3. The predicted octanol–water partition coefficient (Wildman–Crippen LogP) is 2.07. The van der Waals surface area contributed by atoms with E-state index in [-0.39, 0.29) is 18.0 Å². The summed E-state index contributed by atoms with van der Waals surface area (Å²) in [6, 6.07) is 4.92. The van der Waals surface area contributed by atoms with E-state index in [1.165, 1.54) is 6.07 Å². The van der Waals surface area contributed by atoms with E-state index < -0.39 is 0 Å². The average Bonchev–Trinajstić information content (AvgIpc) is 2.28. The Balaban J connectivity index is 2.35. The van der Waals surface area contributed by atoms with E-state index in [9.17, 15) is 4.39 Å². The van der Waals surface area contributed by atoms with Crippen LogP contribution in [0, 0.1) is 5.82 Å². The first-order valence-electron chi connectivity index (χ1n) is 6.00. The van der Waals surface area contributed by atoms with Gasteiger partial charge in [-0.25, -0.2) is 4.39 Å². The summed E-state index contributed by atoms with van der Waals surface area (Å²) in [5.74, 6) is -0.200. The van der Waals surface area contributed by atoms with E-state index in [0.29, 0.717) is 25.4 Å². The zero-order chi connectivity index (χ0) is 12.4. The molecule has 1 fully saturated rings. The number of benzene rings is 1. The molecule has 1 heterocycles. The van der Waals surface area contributed by atoms with Crippen LogP contribution in [0.25, 0.3) is 0 Å². The maximum absolute atomic E-state index is 14.0. The van der Waals surface area contributed by atoms with E-state index in [2.05, 4.69) is 0 Å². The first-order valence-corrected chi connectivity index (χ1v) is 6.00. The van der Waals surface area contributed by atoms with E-state index in [4.69, 9.17) is 10.5 Å². The number of hydrogen-bond acceptors (Lipinski definition) is 3. The lowest BCUT2D eigenvalue weighted by atomic mass is 10.0. The summed E-state index contributed by atoms with van der Waals surface area (Å²) in [5.41, 5.74) is 7.40. The van der Waals surface area contributed by atoms with Gasteiger partial charge in [0.2, 0.25) is 0 Å². The molecule has 3 nitrogen and oxygen atoms in total. The number of para-hydroxylation sites is 1. The Bertz CT molecular complexity index is 395. The number of hydrogen-bond donors (Lipinski definition) is 1. The first kappa shape index (κ1) is 12.3. The molecule has 0 saturated carbocycles. The van der Waals surface area contributed by atoms with E-state index in [1.54, 1.807) is 6.07 Å². The Kier molecular flexibility index (Phi) is 3.64. The molecule has 0 aromatic heterocycles. The van der Waals surface area contributed by atoms with Gasteiger partial charge in [0.15, 0.2) is 0 Å². The van der Waals surface area contributed by atoms with Gasteiger partial charge in [0.05, 0.1) is 18.4 Å². The van der Waals surface area contributed by atoms with E-state index in [1.807, 2.05) is 24.8 Å². The predicted molar refractivity (Wildman–Crippen MR) is 66.6 cm³/mol. The zero-order valence-corrected chi connectivity index (χ0v) is 10.3. The van der Waals surface area contributed by atoms with Crippen molar-refractivity contribution in [3.63, 3.8) is 0 Å². The number of morpholine rings is 1. The number of halogens is 1. The molecule has 0 spiro atoms. The summed E-state index contributed by atoms with van der Waals surface area (Å²) in [6.45, 7) is 5.93. The summed E-state index contributed by atoms with van der Waals surface area (Å²) in [6.07, 6.45) is 0.129. The molecule has 2 atom stereocenters. The van der Waals surface area contributed by atoms with Crippen molar-refractivity contribution in [1.29, 1.82) is 0 Å². The average molecular weight is 238 g/mol. The lowest BCUT2D eigenvalue weighted by Crippen LogP contribution is -2.42. The van der Waals surface area contributed by atoms with Gasteiger partial charge < -0.3 is 15.4 Å². The Labute approximate surface area is 101 Å². The highest BCUT2D eigenvalue weighted by atomic mass is 19.1. The van der Waals surface area contributed by atoms with Crippen molar-refractivity contribution in [3.8, 4) is 0 Å². The highest BCUT2D eigenvalue weighted by molar-refractivity contribution is 5.56. The molecule has 94 valence electrons. The van der Waals surface area contributed by atoms with Crippen molar-refractivity contribution in [2.75, 3.05) is 24.6 Å². The number of nitrogens with two attached hydrogens (primary N) is 1. The third kappa shape index (κ3) is 2.58. The van der Waals surface area contributed by atoms with Crippen LogP contribution < -0.4 is 10.6 Å².